The minimum absolute atomic E-state index is 0.744. The van der Waals surface area contributed by atoms with Gasteiger partial charge in [0.05, 0.1) is 11.3 Å². The lowest BCUT2D eigenvalue weighted by Gasteiger charge is -2.37. The second kappa shape index (κ2) is 6.37. The van der Waals surface area contributed by atoms with Gasteiger partial charge in [-0.2, -0.15) is 5.26 Å². The first-order chi connectivity index (χ1) is 10.7. The molecular formula is C17H17BrN4. The Labute approximate surface area is 139 Å². The molecule has 112 valence electrons. The monoisotopic (exact) mass is 356 g/mol. The quantitative estimate of drug-likeness (QED) is 0.827. The fourth-order valence-corrected chi connectivity index (χ4v) is 3.31. The first kappa shape index (κ1) is 14.9. The van der Waals surface area contributed by atoms with E-state index < -0.39 is 0 Å². The molecule has 0 bridgehead atoms. The third-order valence-corrected chi connectivity index (χ3v) is 4.40. The molecule has 4 nitrogen and oxygen atoms in total. The molecule has 2 heterocycles. The van der Waals surface area contributed by atoms with Gasteiger partial charge in [-0.05, 0) is 46.6 Å². The summed E-state index contributed by atoms with van der Waals surface area (Å²) in [7, 11) is 0. The van der Waals surface area contributed by atoms with Gasteiger partial charge < -0.3 is 9.80 Å². The first-order valence-corrected chi connectivity index (χ1v) is 8.09. The number of anilines is 2. The van der Waals surface area contributed by atoms with E-state index in [9.17, 15) is 5.26 Å². The number of nitriles is 1. The molecule has 1 fully saturated rings. The number of aromatic nitrogens is 1. The van der Waals surface area contributed by atoms with Crippen LogP contribution in [-0.2, 0) is 0 Å². The summed E-state index contributed by atoms with van der Waals surface area (Å²) < 4.78 is 1.01. The molecule has 1 aliphatic heterocycles. The van der Waals surface area contributed by atoms with Crippen molar-refractivity contribution < 1.29 is 0 Å². The molecule has 1 aromatic carbocycles. The molecule has 0 unspecified atom stereocenters. The number of halogens is 1. The fraction of sp³-hybridized carbons (Fsp3) is 0.294. The Balaban J connectivity index is 1.74. The molecule has 0 aliphatic carbocycles. The molecule has 2 aromatic rings. The van der Waals surface area contributed by atoms with E-state index in [1.165, 1.54) is 5.56 Å². The van der Waals surface area contributed by atoms with E-state index >= 15 is 0 Å². The highest BCUT2D eigenvalue weighted by atomic mass is 79.9. The van der Waals surface area contributed by atoms with Crippen molar-refractivity contribution in [1.82, 2.24) is 4.98 Å². The van der Waals surface area contributed by atoms with Gasteiger partial charge in [-0.1, -0.05) is 12.1 Å². The number of piperazine rings is 1. The Morgan fingerprint density at radius 1 is 1.14 bits per heavy atom. The third-order valence-electron chi connectivity index (χ3n) is 3.96. The lowest BCUT2D eigenvalue weighted by atomic mass is 10.1. The average molecular weight is 357 g/mol. The zero-order valence-corrected chi connectivity index (χ0v) is 14.0. The minimum Gasteiger partial charge on any atom is -0.367 e. The maximum absolute atomic E-state index is 9.24. The number of nitrogens with zero attached hydrogens (tertiary/aromatic N) is 4. The van der Waals surface area contributed by atoms with Gasteiger partial charge in [0.1, 0.15) is 11.9 Å². The Kier molecular flexibility index (Phi) is 4.30. The number of pyridine rings is 1. The summed E-state index contributed by atoms with van der Waals surface area (Å²) in [6.07, 6.45) is 1.85. The summed E-state index contributed by atoms with van der Waals surface area (Å²) in [5.41, 5.74) is 2.96. The standard InChI is InChI=1S/C17H17BrN4/c1-13-10-15(18)12-20-17(13)22-8-6-21(7-9-22)16-5-3-2-4-14(16)11-19/h2-5,10,12H,6-9H2,1H3. The van der Waals surface area contributed by atoms with E-state index in [1.54, 1.807) is 0 Å². The van der Waals surface area contributed by atoms with E-state index in [4.69, 9.17) is 0 Å². The van der Waals surface area contributed by atoms with Crippen LogP contribution in [0.4, 0.5) is 11.5 Å². The van der Waals surface area contributed by atoms with Crippen LogP contribution in [-0.4, -0.2) is 31.2 Å². The molecule has 1 aliphatic rings. The van der Waals surface area contributed by atoms with Crippen LogP contribution in [0.3, 0.4) is 0 Å². The zero-order chi connectivity index (χ0) is 15.5. The molecule has 0 atom stereocenters. The average Bonchev–Trinajstić information content (AvgIpc) is 2.55. The van der Waals surface area contributed by atoms with Gasteiger partial charge in [-0.15, -0.1) is 0 Å². The Morgan fingerprint density at radius 2 is 1.82 bits per heavy atom. The van der Waals surface area contributed by atoms with Crippen molar-refractivity contribution >= 4 is 27.4 Å². The lowest BCUT2D eigenvalue weighted by molar-refractivity contribution is 0.645. The molecule has 1 saturated heterocycles. The van der Waals surface area contributed by atoms with Crippen LogP contribution in [0.2, 0.25) is 0 Å². The number of rotatable bonds is 2. The van der Waals surface area contributed by atoms with Crippen LogP contribution in [0.5, 0.6) is 0 Å². The number of aryl methyl sites for hydroxylation is 1. The third kappa shape index (κ3) is 2.93. The second-order valence-electron chi connectivity index (χ2n) is 5.40. The van der Waals surface area contributed by atoms with E-state index in [0.717, 1.165) is 47.7 Å². The number of hydrogen-bond acceptors (Lipinski definition) is 4. The van der Waals surface area contributed by atoms with Crippen LogP contribution in [0.15, 0.2) is 41.0 Å². The fourth-order valence-electron chi connectivity index (χ4n) is 2.87. The lowest BCUT2D eigenvalue weighted by Crippen LogP contribution is -2.47. The van der Waals surface area contributed by atoms with Crippen molar-refractivity contribution in [3.05, 3.63) is 52.1 Å². The van der Waals surface area contributed by atoms with Gasteiger partial charge in [0.2, 0.25) is 0 Å². The summed E-state index contributed by atoms with van der Waals surface area (Å²) in [5, 5.41) is 9.24. The summed E-state index contributed by atoms with van der Waals surface area (Å²) in [4.78, 5) is 9.13. The van der Waals surface area contributed by atoms with Crippen molar-refractivity contribution in [2.75, 3.05) is 36.0 Å². The molecule has 0 radical (unpaired) electrons. The molecule has 0 spiro atoms. The Bertz CT molecular complexity index is 715. The van der Waals surface area contributed by atoms with Crippen molar-refractivity contribution in [3.63, 3.8) is 0 Å². The topological polar surface area (TPSA) is 43.2 Å². The highest BCUT2D eigenvalue weighted by Gasteiger charge is 2.21. The Morgan fingerprint density at radius 3 is 2.50 bits per heavy atom. The van der Waals surface area contributed by atoms with Gasteiger partial charge in [0.25, 0.3) is 0 Å². The number of hydrogen-bond donors (Lipinski definition) is 0. The van der Waals surface area contributed by atoms with Crippen molar-refractivity contribution in [3.8, 4) is 6.07 Å². The predicted octanol–water partition coefficient (Wildman–Crippen LogP) is 3.35. The first-order valence-electron chi connectivity index (χ1n) is 7.30. The molecule has 0 amide bonds. The smallest absolute Gasteiger partial charge is 0.131 e. The van der Waals surface area contributed by atoms with E-state index in [0.29, 0.717) is 0 Å². The van der Waals surface area contributed by atoms with Crippen molar-refractivity contribution in [2.45, 2.75) is 6.92 Å². The maximum atomic E-state index is 9.24. The van der Waals surface area contributed by atoms with E-state index in [-0.39, 0.29) is 0 Å². The zero-order valence-electron chi connectivity index (χ0n) is 12.5. The second-order valence-corrected chi connectivity index (χ2v) is 6.31. The van der Waals surface area contributed by atoms with Gasteiger partial charge in [-0.3, -0.25) is 0 Å². The van der Waals surface area contributed by atoms with E-state index in [1.807, 2.05) is 30.5 Å². The summed E-state index contributed by atoms with van der Waals surface area (Å²) >= 11 is 3.46. The van der Waals surface area contributed by atoms with E-state index in [2.05, 4.69) is 49.8 Å². The molecule has 22 heavy (non-hydrogen) atoms. The highest BCUT2D eigenvalue weighted by molar-refractivity contribution is 9.10. The minimum atomic E-state index is 0.744. The van der Waals surface area contributed by atoms with Gasteiger partial charge in [-0.25, -0.2) is 4.98 Å². The van der Waals surface area contributed by atoms with Crippen LogP contribution in [0, 0.1) is 18.3 Å². The molecule has 5 heteroatoms. The molecule has 3 rings (SSSR count). The molecule has 1 aromatic heterocycles. The van der Waals surface area contributed by atoms with Crippen LogP contribution in [0.1, 0.15) is 11.1 Å². The van der Waals surface area contributed by atoms with Gasteiger partial charge >= 0.3 is 0 Å². The Hall–Kier alpha value is -2.06. The summed E-state index contributed by atoms with van der Waals surface area (Å²) in [6, 6.07) is 12.2. The van der Waals surface area contributed by atoms with Gasteiger partial charge in [0.15, 0.2) is 0 Å². The number of benzene rings is 1. The summed E-state index contributed by atoms with van der Waals surface area (Å²) in [5.74, 6) is 1.05. The van der Waals surface area contributed by atoms with Crippen molar-refractivity contribution in [1.29, 1.82) is 5.26 Å². The maximum Gasteiger partial charge on any atom is 0.131 e. The largest absolute Gasteiger partial charge is 0.367 e. The van der Waals surface area contributed by atoms with Crippen LogP contribution >= 0.6 is 15.9 Å². The normalized spacial score (nSPS) is 14.8. The molecular weight excluding hydrogens is 340 g/mol. The van der Waals surface area contributed by atoms with Gasteiger partial charge in [0, 0.05) is 36.8 Å². The molecule has 0 saturated carbocycles. The van der Waals surface area contributed by atoms with Crippen LogP contribution < -0.4 is 9.80 Å². The number of para-hydroxylation sites is 1. The highest BCUT2D eigenvalue weighted by Crippen LogP contribution is 2.25. The van der Waals surface area contributed by atoms with Crippen LogP contribution in [0.25, 0.3) is 0 Å². The van der Waals surface area contributed by atoms with Crippen molar-refractivity contribution in [2.24, 2.45) is 0 Å². The SMILES string of the molecule is Cc1cc(Br)cnc1N1CCN(c2ccccc2C#N)CC1. The predicted molar refractivity (Wildman–Crippen MR) is 92.3 cm³/mol. The molecule has 0 N–H and O–H groups in total. The summed E-state index contributed by atoms with van der Waals surface area (Å²) in [6.45, 7) is 5.71.